The fourth-order valence-electron chi connectivity index (χ4n) is 1.67. The molecule has 1 unspecified atom stereocenters. The van der Waals surface area contributed by atoms with E-state index in [1.807, 2.05) is 12.1 Å². The zero-order valence-electron chi connectivity index (χ0n) is 9.59. The van der Waals surface area contributed by atoms with E-state index in [0.29, 0.717) is 5.92 Å². The third kappa shape index (κ3) is 4.67. The van der Waals surface area contributed by atoms with Crippen molar-refractivity contribution in [2.75, 3.05) is 13.1 Å². The van der Waals surface area contributed by atoms with Gasteiger partial charge in [0.05, 0.1) is 0 Å². The molecule has 1 nitrogen and oxygen atoms in total. The van der Waals surface area contributed by atoms with E-state index in [-0.39, 0.29) is 0 Å². The van der Waals surface area contributed by atoms with Crippen LogP contribution in [0.3, 0.4) is 0 Å². The van der Waals surface area contributed by atoms with Gasteiger partial charge in [0, 0.05) is 5.02 Å². The summed E-state index contributed by atoms with van der Waals surface area (Å²) < 4.78 is 0. The maximum atomic E-state index is 6.11. The van der Waals surface area contributed by atoms with Crippen LogP contribution in [0.4, 0.5) is 0 Å². The Morgan fingerprint density at radius 2 is 2.07 bits per heavy atom. The maximum absolute atomic E-state index is 6.11. The first kappa shape index (κ1) is 12.5. The minimum Gasteiger partial charge on any atom is -0.317 e. The first-order chi connectivity index (χ1) is 7.24. The highest BCUT2D eigenvalue weighted by atomic mass is 35.5. The molecule has 0 fully saturated rings. The normalized spacial score (nSPS) is 12.7. The van der Waals surface area contributed by atoms with E-state index in [2.05, 4.69) is 31.3 Å². The van der Waals surface area contributed by atoms with Gasteiger partial charge in [-0.3, -0.25) is 0 Å². The van der Waals surface area contributed by atoms with Crippen molar-refractivity contribution >= 4 is 11.6 Å². The molecule has 0 aliphatic rings. The van der Waals surface area contributed by atoms with Crippen LogP contribution in [-0.2, 0) is 6.42 Å². The molecule has 1 atom stereocenters. The van der Waals surface area contributed by atoms with Crippen LogP contribution in [0.5, 0.6) is 0 Å². The topological polar surface area (TPSA) is 12.0 Å². The summed E-state index contributed by atoms with van der Waals surface area (Å²) in [6, 6.07) is 8.12. The Bertz CT molecular complexity index is 286. The van der Waals surface area contributed by atoms with Crippen LogP contribution in [0.25, 0.3) is 0 Å². The number of rotatable bonds is 6. The summed E-state index contributed by atoms with van der Waals surface area (Å²) >= 11 is 6.11. The van der Waals surface area contributed by atoms with Crippen molar-refractivity contribution in [1.29, 1.82) is 0 Å². The van der Waals surface area contributed by atoms with Gasteiger partial charge in [-0.1, -0.05) is 43.6 Å². The average Bonchev–Trinajstić information content (AvgIpc) is 2.22. The highest BCUT2D eigenvalue weighted by Gasteiger charge is 2.05. The lowest BCUT2D eigenvalue weighted by Crippen LogP contribution is -2.17. The highest BCUT2D eigenvalue weighted by molar-refractivity contribution is 6.31. The molecule has 0 aliphatic heterocycles. The van der Waals surface area contributed by atoms with Crippen LogP contribution >= 0.6 is 11.6 Å². The first-order valence-corrected chi connectivity index (χ1v) is 6.06. The third-order valence-corrected chi connectivity index (χ3v) is 2.96. The monoisotopic (exact) mass is 225 g/mol. The highest BCUT2D eigenvalue weighted by Crippen LogP contribution is 2.19. The molecule has 1 rings (SSSR count). The van der Waals surface area contributed by atoms with Gasteiger partial charge < -0.3 is 5.32 Å². The first-order valence-electron chi connectivity index (χ1n) is 5.68. The molecule has 1 aromatic rings. The van der Waals surface area contributed by atoms with E-state index in [0.717, 1.165) is 24.5 Å². The summed E-state index contributed by atoms with van der Waals surface area (Å²) in [6.07, 6.45) is 2.28. The van der Waals surface area contributed by atoms with Crippen molar-refractivity contribution in [3.05, 3.63) is 34.9 Å². The standard InChI is InChI=1S/C13H20ClN/c1-3-15-9-8-11(2)10-12-6-4-5-7-13(12)14/h4-7,11,15H,3,8-10H2,1-2H3. The molecule has 15 heavy (non-hydrogen) atoms. The molecule has 0 aliphatic carbocycles. The summed E-state index contributed by atoms with van der Waals surface area (Å²) in [5.41, 5.74) is 1.27. The van der Waals surface area contributed by atoms with E-state index in [9.17, 15) is 0 Å². The van der Waals surface area contributed by atoms with Crippen molar-refractivity contribution in [2.24, 2.45) is 5.92 Å². The van der Waals surface area contributed by atoms with Gasteiger partial charge in [0.1, 0.15) is 0 Å². The van der Waals surface area contributed by atoms with Gasteiger partial charge in [-0.05, 0) is 43.5 Å². The van der Waals surface area contributed by atoms with E-state index < -0.39 is 0 Å². The van der Waals surface area contributed by atoms with E-state index in [1.165, 1.54) is 12.0 Å². The number of halogens is 1. The van der Waals surface area contributed by atoms with Crippen molar-refractivity contribution in [3.63, 3.8) is 0 Å². The summed E-state index contributed by atoms with van der Waals surface area (Å²) in [5.74, 6) is 0.684. The van der Waals surface area contributed by atoms with Crippen molar-refractivity contribution < 1.29 is 0 Å². The smallest absolute Gasteiger partial charge is 0.0438 e. The number of nitrogens with one attached hydrogen (secondary N) is 1. The minimum atomic E-state index is 0.684. The van der Waals surface area contributed by atoms with Crippen molar-refractivity contribution in [3.8, 4) is 0 Å². The zero-order chi connectivity index (χ0) is 11.1. The Kier molecular flexibility index (Phi) is 5.74. The number of hydrogen-bond donors (Lipinski definition) is 1. The molecule has 0 spiro atoms. The summed E-state index contributed by atoms with van der Waals surface area (Å²) in [5, 5.41) is 4.24. The Hall–Kier alpha value is -0.530. The molecule has 0 bridgehead atoms. The van der Waals surface area contributed by atoms with Gasteiger partial charge in [-0.25, -0.2) is 0 Å². The minimum absolute atomic E-state index is 0.684. The van der Waals surface area contributed by atoms with Gasteiger partial charge >= 0.3 is 0 Å². The Morgan fingerprint density at radius 1 is 1.33 bits per heavy atom. The average molecular weight is 226 g/mol. The predicted octanol–water partition coefficient (Wildman–Crippen LogP) is 3.52. The van der Waals surface area contributed by atoms with Gasteiger partial charge in [0.2, 0.25) is 0 Å². The lowest BCUT2D eigenvalue weighted by molar-refractivity contribution is 0.504. The van der Waals surface area contributed by atoms with E-state index in [4.69, 9.17) is 11.6 Å². The Balaban J connectivity index is 2.37. The van der Waals surface area contributed by atoms with Crippen LogP contribution in [0, 0.1) is 5.92 Å². The van der Waals surface area contributed by atoms with Crippen molar-refractivity contribution in [2.45, 2.75) is 26.7 Å². The van der Waals surface area contributed by atoms with Gasteiger partial charge in [0.15, 0.2) is 0 Å². The fourth-order valence-corrected chi connectivity index (χ4v) is 1.88. The molecule has 2 heteroatoms. The third-order valence-electron chi connectivity index (χ3n) is 2.59. The second-order valence-corrected chi connectivity index (χ2v) is 4.45. The van der Waals surface area contributed by atoms with E-state index >= 15 is 0 Å². The maximum Gasteiger partial charge on any atom is 0.0438 e. The van der Waals surface area contributed by atoms with Gasteiger partial charge in [0.25, 0.3) is 0 Å². The van der Waals surface area contributed by atoms with Crippen LogP contribution in [0.1, 0.15) is 25.8 Å². The second-order valence-electron chi connectivity index (χ2n) is 4.04. The molecule has 84 valence electrons. The molecule has 0 heterocycles. The van der Waals surface area contributed by atoms with Gasteiger partial charge in [-0.2, -0.15) is 0 Å². The Morgan fingerprint density at radius 3 is 2.73 bits per heavy atom. The largest absolute Gasteiger partial charge is 0.317 e. The quantitative estimate of drug-likeness (QED) is 0.731. The second kappa shape index (κ2) is 6.86. The summed E-state index contributed by atoms with van der Waals surface area (Å²) in [4.78, 5) is 0. The van der Waals surface area contributed by atoms with Crippen molar-refractivity contribution in [1.82, 2.24) is 5.32 Å². The molecule has 0 radical (unpaired) electrons. The molecular weight excluding hydrogens is 206 g/mol. The van der Waals surface area contributed by atoms with Crippen LogP contribution < -0.4 is 5.32 Å². The molecule has 0 saturated heterocycles. The molecule has 0 saturated carbocycles. The lowest BCUT2D eigenvalue weighted by Gasteiger charge is -2.12. The zero-order valence-corrected chi connectivity index (χ0v) is 10.3. The Labute approximate surface area is 97.8 Å². The molecular formula is C13H20ClN. The molecule has 0 aromatic heterocycles. The SMILES string of the molecule is CCNCCC(C)Cc1ccccc1Cl. The number of benzene rings is 1. The fraction of sp³-hybridized carbons (Fsp3) is 0.538. The van der Waals surface area contributed by atoms with Gasteiger partial charge in [-0.15, -0.1) is 0 Å². The predicted molar refractivity (Wildman–Crippen MR) is 67.5 cm³/mol. The lowest BCUT2D eigenvalue weighted by atomic mass is 9.98. The summed E-state index contributed by atoms with van der Waals surface area (Å²) in [6.45, 7) is 6.57. The molecule has 1 N–H and O–H groups in total. The van der Waals surface area contributed by atoms with Crippen LogP contribution in [0.15, 0.2) is 24.3 Å². The van der Waals surface area contributed by atoms with Crippen LogP contribution in [0.2, 0.25) is 5.02 Å². The van der Waals surface area contributed by atoms with Crippen LogP contribution in [-0.4, -0.2) is 13.1 Å². The number of hydrogen-bond acceptors (Lipinski definition) is 1. The molecule has 0 amide bonds. The van der Waals surface area contributed by atoms with E-state index in [1.54, 1.807) is 0 Å². The molecule has 1 aromatic carbocycles. The summed E-state index contributed by atoms with van der Waals surface area (Å²) in [7, 11) is 0.